The maximum absolute atomic E-state index is 12.2. The number of nitrogens with zero attached hydrogens (tertiary/aromatic N) is 2. The Bertz CT molecular complexity index is 895. The molecule has 0 atom stereocenters. The molecule has 1 aromatic heterocycles. The minimum Gasteiger partial charge on any atom is -0.343 e. The normalized spacial score (nSPS) is 10.6. The van der Waals surface area contributed by atoms with Crippen LogP contribution in [-0.2, 0) is 6.54 Å². The molecule has 0 saturated heterocycles. The standard InChI is InChI=1S/C17H13BrClN3O2/c1-10-3-2-4-11(7-10)16-21-15(24-22-16)9-20-17(23)13-8-12(18)5-6-14(13)19/h2-8H,9H2,1H3,(H,20,23). The number of aromatic nitrogens is 2. The van der Waals surface area contributed by atoms with Gasteiger partial charge in [0.15, 0.2) is 0 Å². The van der Waals surface area contributed by atoms with Gasteiger partial charge in [0.05, 0.1) is 17.1 Å². The van der Waals surface area contributed by atoms with E-state index in [0.29, 0.717) is 22.3 Å². The van der Waals surface area contributed by atoms with Gasteiger partial charge in [0.1, 0.15) is 0 Å². The molecule has 1 heterocycles. The zero-order valence-electron chi connectivity index (χ0n) is 12.7. The topological polar surface area (TPSA) is 68.0 Å². The lowest BCUT2D eigenvalue weighted by atomic mass is 10.1. The van der Waals surface area contributed by atoms with Crippen LogP contribution in [0.15, 0.2) is 51.5 Å². The summed E-state index contributed by atoms with van der Waals surface area (Å²) >= 11 is 9.35. The molecule has 1 N–H and O–H groups in total. The Balaban J connectivity index is 1.69. The molecule has 0 unspecified atom stereocenters. The van der Waals surface area contributed by atoms with Gasteiger partial charge in [-0.25, -0.2) is 0 Å². The highest BCUT2D eigenvalue weighted by Gasteiger charge is 2.13. The summed E-state index contributed by atoms with van der Waals surface area (Å²) in [7, 11) is 0. The fraction of sp³-hybridized carbons (Fsp3) is 0.118. The number of amides is 1. The molecule has 3 rings (SSSR count). The minimum absolute atomic E-state index is 0.125. The number of hydrogen-bond acceptors (Lipinski definition) is 4. The first-order chi connectivity index (χ1) is 11.5. The van der Waals surface area contributed by atoms with Gasteiger partial charge in [-0.3, -0.25) is 4.79 Å². The summed E-state index contributed by atoms with van der Waals surface area (Å²) in [6, 6.07) is 12.9. The van der Waals surface area contributed by atoms with Crippen LogP contribution in [0, 0.1) is 6.92 Å². The molecular weight excluding hydrogens is 394 g/mol. The molecule has 1 amide bonds. The first kappa shape index (κ1) is 16.7. The molecule has 0 spiro atoms. The van der Waals surface area contributed by atoms with E-state index in [-0.39, 0.29) is 12.5 Å². The second kappa shape index (κ2) is 7.15. The van der Waals surface area contributed by atoms with Gasteiger partial charge in [0, 0.05) is 10.0 Å². The SMILES string of the molecule is Cc1cccc(-c2noc(CNC(=O)c3cc(Br)ccc3Cl)n2)c1. The lowest BCUT2D eigenvalue weighted by Gasteiger charge is -2.05. The zero-order valence-corrected chi connectivity index (χ0v) is 15.1. The van der Waals surface area contributed by atoms with E-state index in [1.165, 1.54) is 0 Å². The average molecular weight is 407 g/mol. The van der Waals surface area contributed by atoms with Gasteiger partial charge in [-0.05, 0) is 31.2 Å². The highest BCUT2D eigenvalue weighted by Crippen LogP contribution is 2.21. The molecule has 0 bridgehead atoms. The van der Waals surface area contributed by atoms with E-state index in [2.05, 4.69) is 31.4 Å². The summed E-state index contributed by atoms with van der Waals surface area (Å²) in [6.45, 7) is 2.12. The van der Waals surface area contributed by atoms with E-state index in [4.69, 9.17) is 16.1 Å². The van der Waals surface area contributed by atoms with Crippen LogP contribution in [-0.4, -0.2) is 16.0 Å². The van der Waals surface area contributed by atoms with E-state index >= 15 is 0 Å². The van der Waals surface area contributed by atoms with Crippen LogP contribution in [0.1, 0.15) is 21.8 Å². The van der Waals surface area contributed by atoms with Crippen LogP contribution in [0.2, 0.25) is 5.02 Å². The van der Waals surface area contributed by atoms with Crippen molar-refractivity contribution >= 4 is 33.4 Å². The fourth-order valence-corrected chi connectivity index (χ4v) is 2.72. The van der Waals surface area contributed by atoms with Crippen LogP contribution in [0.5, 0.6) is 0 Å². The molecule has 2 aromatic carbocycles. The second-order valence-corrected chi connectivity index (χ2v) is 6.51. The maximum atomic E-state index is 12.2. The molecule has 0 fully saturated rings. The number of carbonyl (C=O) groups is 1. The molecule has 122 valence electrons. The van der Waals surface area contributed by atoms with Gasteiger partial charge in [-0.1, -0.05) is 56.5 Å². The molecule has 3 aromatic rings. The van der Waals surface area contributed by atoms with Gasteiger partial charge in [-0.2, -0.15) is 4.98 Å². The van der Waals surface area contributed by atoms with Gasteiger partial charge in [0.25, 0.3) is 5.91 Å². The number of aryl methyl sites for hydroxylation is 1. The van der Waals surface area contributed by atoms with Gasteiger partial charge in [0.2, 0.25) is 11.7 Å². The molecule has 0 aliphatic rings. The number of benzene rings is 2. The minimum atomic E-state index is -0.309. The third-order valence-corrected chi connectivity index (χ3v) is 4.14. The van der Waals surface area contributed by atoms with Gasteiger partial charge < -0.3 is 9.84 Å². The molecule has 24 heavy (non-hydrogen) atoms. The summed E-state index contributed by atoms with van der Waals surface area (Å²) in [6.07, 6.45) is 0. The lowest BCUT2D eigenvalue weighted by molar-refractivity contribution is 0.0946. The molecule has 7 heteroatoms. The third kappa shape index (κ3) is 3.83. The summed E-state index contributed by atoms with van der Waals surface area (Å²) in [5.74, 6) is 0.506. The molecule has 0 aliphatic carbocycles. The van der Waals surface area contributed by atoms with Gasteiger partial charge >= 0.3 is 0 Å². The molecular formula is C17H13BrClN3O2. The van der Waals surface area contributed by atoms with Gasteiger partial charge in [-0.15, -0.1) is 0 Å². The lowest BCUT2D eigenvalue weighted by Crippen LogP contribution is -2.23. The number of rotatable bonds is 4. The van der Waals surface area contributed by atoms with E-state index in [1.54, 1.807) is 18.2 Å². The number of carbonyl (C=O) groups excluding carboxylic acids is 1. The summed E-state index contributed by atoms with van der Waals surface area (Å²) in [5, 5.41) is 7.03. The molecule has 5 nitrogen and oxygen atoms in total. The van der Waals surface area contributed by atoms with E-state index in [9.17, 15) is 4.79 Å². The van der Waals surface area contributed by atoms with Crippen molar-refractivity contribution in [2.45, 2.75) is 13.5 Å². The first-order valence-corrected chi connectivity index (χ1v) is 8.33. The van der Waals surface area contributed by atoms with Crippen LogP contribution >= 0.6 is 27.5 Å². The van der Waals surface area contributed by atoms with Crippen molar-refractivity contribution in [2.24, 2.45) is 0 Å². The van der Waals surface area contributed by atoms with E-state index < -0.39 is 0 Å². The van der Waals surface area contributed by atoms with Crippen molar-refractivity contribution in [3.05, 3.63) is 69.0 Å². The van der Waals surface area contributed by atoms with E-state index in [0.717, 1.165) is 15.6 Å². The average Bonchev–Trinajstić information content (AvgIpc) is 3.04. The van der Waals surface area contributed by atoms with Crippen molar-refractivity contribution in [2.75, 3.05) is 0 Å². The quantitative estimate of drug-likeness (QED) is 0.697. The second-order valence-electron chi connectivity index (χ2n) is 5.19. The van der Waals surface area contributed by atoms with Crippen LogP contribution < -0.4 is 5.32 Å². The smallest absolute Gasteiger partial charge is 0.253 e. The van der Waals surface area contributed by atoms with Crippen molar-refractivity contribution in [3.8, 4) is 11.4 Å². The predicted molar refractivity (Wildman–Crippen MR) is 94.8 cm³/mol. The Morgan fingerprint density at radius 2 is 2.12 bits per heavy atom. The monoisotopic (exact) mass is 405 g/mol. The van der Waals surface area contributed by atoms with E-state index in [1.807, 2.05) is 31.2 Å². The molecule has 0 radical (unpaired) electrons. The Morgan fingerprint density at radius 1 is 1.29 bits per heavy atom. The molecule has 0 saturated carbocycles. The van der Waals surface area contributed by atoms with Crippen LogP contribution in [0.3, 0.4) is 0 Å². The summed E-state index contributed by atoms with van der Waals surface area (Å²) < 4.78 is 5.96. The third-order valence-electron chi connectivity index (χ3n) is 3.32. The number of halogens is 2. The molecule has 0 aliphatic heterocycles. The van der Waals surface area contributed by atoms with Crippen molar-refractivity contribution < 1.29 is 9.32 Å². The van der Waals surface area contributed by atoms with Crippen molar-refractivity contribution in [3.63, 3.8) is 0 Å². The highest BCUT2D eigenvalue weighted by molar-refractivity contribution is 9.10. The first-order valence-electron chi connectivity index (χ1n) is 7.16. The maximum Gasteiger partial charge on any atom is 0.253 e. The van der Waals surface area contributed by atoms with Crippen molar-refractivity contribution in [1.29, 1.82) is 0 Å². The predicted octanol–water partition coefficient (Wildman–Crippen LogP) is 4.39. The Kier molecular flexibility index (Phi) is 4.97. The fourth-order valence-electron chi connectivity index (χ4n) is 2.15. The summed E-state index contributed by atoms with van der Waals surface area (Å²) in [4.78, 5) is 16.5. The van der Waals surface area contributed by atoms with Crippen molar-refractivity contribution in [1.82, 2.24) is 15.5 Å². The number of nitrogens with one attached hydrogen (secondary N) is 1. The largest absolute Gasteiger partial charge is 0.343 e. The number of hydrogen-bond donors (Lipinski definition) is 1. The highest BCUT2D eigenvalue weighted by atomic mass is 79.9. The Hall–Kier alpha value is -2.18. The van der Waals surface area contributed by atoms with Crippen LogP contribution in [0.4, 0.5) is 0 Å². The van der Waals surface area contributed by atoms with Crippen LogP contribution in [0.25, 0.3) is 11.4 Å². The Morgan fingerprint density at radius 3 is 2.92 bits per heavy atom. The Labute approximate surface area is 152 Å². The zero-order chi connectivity index (χ0) is 17.1. The summed E-state index contributed by atoms with van der Waals surface area (Å²) in [5.41, 5.74) is 2.35.